The molecule has 132 valence electrons. The third kappa shape index (κ3) is 2.97. The fourth-order valence-electron chi connectivity index (χ4n) is 4.59. The van der Waals surface area contributed by atoms with Gasteiger partial charge in [0.25, 0.3) is 5.91 Å². The van der Waals surface area contributed by atoms with Crippen LogP contribution >= 0.6 is 0 Å². The molecule has 3 heterocycles. The third-order valence-electron chi connectivity index (χ3n) is 5.81. The zero-order valence-corrected chi connectivity index (χ0v) is 15.0. The van der Waals surface area contributed by atoms with Gasteiger partial charge in [0.15, 0.2) is 0 Å². The fraction of sp³-hybridized carbons (Fsp3) is 0.500. The molecule has 1 aromatic heterocycles. The van der Waals surface area contributed by atoms with E-state index in [-0.39, 0.29) is 16.9 Å². The number of nitrogens with one attached hydrogen (secondary N) is 1. The van der Waals surface area contributed by atoms with Crippen molar-refractivity contribution in [1.82, 2.24) is 14.8 Å². The summed E-state index contributed by atoms with van der Waals surface area (Å²) in [5.74, 6) is -0.00433. The third-order valence-corrected chi connectivity index (χ3v) is 5.81. The minimum atomic E-state index is -0.216. The van der Waals surface area contributed by atoms with Gasteiger partial charge in [0.1, 0.15) is 0 Å². The van der Waals surface area contributed by atoms with Crippen molar-refractivity contribution in [2.75, 3.05) is 33.2 Å². The Morgan fingerprint density at radius 1 is 1.16 bits per heavy atom. The van der Waals surface area contributed by atoms with Gasteiger partial charge in [-0.2, -0.15) is 0 Å². The molecule has 0 radical (unpaired) electrons. The summed E-state index contributed by atoms with van der Waals surface area (Å²) in [4.78, 5) is 32.5. The fourth-order valence-corrected chi connectivity index (χ4v) is 4.59. The zero-order chi connectivity index (χ0) is 17.6. The highest BCUT2D eigenvalue weighted by Gasteiger charge is 2.41. The van der Waals surface area contributed by atoms with Crippen molar-refractivity contribution < 1.29 is 4.79 Å². The molecular weight excluding hydrogens is 314 g/mol. The Morgan fingerprint density at radius 2 is 2.00 bits per heavy atom. The largest absolute Gasteiger partial charge is 0.338 e. The number of amides is 1. The second-order valence-corrected chi connectivity index (χ2v) is 7.91. The quantitative estimate of drug-likeness (QED) is 0.868. The average Bonchev–Trinajstić information content (AvgIpc) is 2.94. The van der Waals surface area contributed by atoms with Gasteiger partial charge in [-0.1, -0.05) is 11.6 Å². The minimum absolute atomic E-state index is 0.00433. The first-order valence-electron chi connectivity index (χ1n) is 9.07. The molecule has 2 aliphatic heterocycles. The van der Waals surface area contributed by atoms with Crippen LogP contribution in [0, 0.1) is 12.3 Å². The summed E-state index contributed by atoms with van der Waals surface area (Å²) in [6, 6.07) is 7.29. The van der Waals surface area contributed by atoms with Gasteiger partial charge in [0.2, 0.25) is 5.56 Å². The van der Waals surface area contributed by atoms with Crippen LogP contribution in [0.4, 0.5) is 0 Å². The number of benzene rings is 1. The first kappa shape index (κ1) is 16.3. The Balaban J connectivity index is 1.70. The van der Waals surface area contributed by atoms with E-state index in [4.69, 9.17) is 0 Å². The number of nitrogens with zero attached hydrogens (tertiary/aromatic N) is 2. The Hall–Kier alpha value is -2.14. The highest BCUT2D eigenvalue weighted by molar-refractivity contribution is 6.06. The van der Waals surface area contributed by atoms with Crippen molar-refractivity contribution >= 4 is 16.8 Å². The van der Waals surface area contributed by atoms with Crippen LogP contribution in [0.5, 0.6) is 0 Å². The average molecular weight is 339 g/mol. The molecule has 1 amide bonds. The molecule has 4 rings (SSSR count). The Labute approximate surface area is 147 Å². The van der Waals surface area contributed by atoms with Gasteiger partial charge in [-0.05, 0) is 51.9 Å². The number of aryl methyl sites for hydroxylation is 1. The molecule has 1 spiro atoms. The number of carbonyl (C=O) groups excluding carboxylic acids is 1. The maximum Gasteiger partial charge on any atom is 0.254 e. The highest BCUT2D eigenvalue weighted by atomic mass is 16.2. The van der Waals surface area contributed by atoms with Crippen LogP contribution in [0.1, 0.15) is 35.2 Å². The van der Waals surface area contributed by atoms with E-state index in [0.717, 1.165) is 55.5 Å². The first-order chi connectivity index (χ1) is 12.0. The molecule has 0 saturated carbocycles. The number of piperidine rings is 1. The molecule has 1 unspecified atom stereocenters. The van der Waals surface area contributed by atoms with Crippen LogP contribution in [-0.2, 0) is 0 Å². The lowest BCUT2D eigenvalue weighted by molar-refractivity contribution is 0.0536. The summed E-state index contributed by atoms with van der Waals surface area (Å²) in [6.45, 7) is 5.75. The van der Waals surface area contributed by atoms with Crippen LogP contribution in [0.3, 0.4) is 0 Å². The number of rotatable bonds is 1. The zero-order valence-electron chi connectivity index (χ0n) is 15.0. The lowest BCUT2D eigenvalue weighted by atomic mass is 9.79. The van der Waals surface area contributed by atoms with Gasteiger partial charge in [-0.3, -0.25) is 9.59 Å². The molecule has 1 aromatic carbocycles. The van der Waals surface area contributed by atoms with Crippen LogP contribution < -0.4 is 5.56 Å². The van der Waals surface area contributed by atoms with Crippen LogP contribution in [0.15, 0.2) is 29.1 Å². The van der Waals surface area contributed by atoms with Crippen molar-refractivity contribution in [3.8, 4) is 0 Å². The molecule has 2 aliphatic rings. The molecule has 2 aromatic rings. The van der Waals surface area contributed by atoms with Gasteiger partial charge < -0.3 is 14.8 Å². The van der Waals surface area contributed by atoms with E-state index >= 15 is 0 Å². The Bertz CT molecular complexity index is 884. The van der Waals surface area contributed by atoms with Crippen molar-refractivity contribution in [3.05, 3.63) is 45.7 Å². The number of fused-ring (bicyclic) bond motifs is 1. The monoisotopic (exact) mass is 339 g/mol. The molecule has 2 saturated heterocycles. The summed E-state index contributed by atoms with van der Waals surface area (Å²) in [5.41, 5.74) is 2.36. The van der Waals surface area contributed by atoms with Crippen molar-refractivity contribution in [2.24, 2.45) is 5.41 Å². The highest BCUT2D eigenvalue weighted by Crippen LogP contribution is 2.38. The summed E-state index contributed by atoms with van der Waals surface area (Å²) < 4.78 is 0. The van der Waals surface area contributed by atoms with Crippen molar-refractivity contribution in [2.45, 2.75) is 26.2 Å². The first-order valence-corrected chi connectivity index (χ1v) is 9.07. The lowest BCUT2D eigenvalue weighted by Gasteiger charge is -2.40. The molecule has 1 N–H and O–H groups in total. The number of H-pyrrole nitrogens is 1. The van der Waals surface area contributed by atoms with Gasteiger partial charge in [-0.25, -0.2) is 0 Å². The molecule has 0 bridgehead atoms. The van der Waals surface area contributed by atoms with Gasteiger partial charge in [0, 0.05) is 42.0 Å². The number of aromatic amines is 1. The molecule has 5 heteroatoms. The number of hydrogen-bond donors (Lipinski definition) is 1. The number of hydrogen-bond acceptors (Lipinski definition) is 3. The van der Waals surface area contributed by atoms with E-state index in [1.54, 1.807) is 0 Å². The maximum absolute atomic E-state index is 13.3. The molecule has 0 aliphatic carbocycles. The summed E-state index contributed by atoms with van der Waals surface area (Å²) >= 11 is 0. The van der Waals surface area contributed by atoms with Gasteiger partial charge in [0.05, 0.1) is 5.56 Å². The summed E-state index contributed by atoms with van der Waals surface area (Å²) in [7, 11) is 2.16. The number of likely N-dealkylation sites (tertiary alicyclic amines) is 2. The number of pyridine rings is 1. The topological polar surface area (TPSA) is 56.4 Å². The van der Waals surface area contributed by atoms with Gasteiger partial charge in [-0.15, -0.1) is 0 Å². The van der Waals surface area contributed by atoms with E-state index < -0.39 is 0 Å². The van der Waals surface area contributed by atoms with E-state index in [2.05, 4.69) is 16.9 Å². The number of aromatic nitrogens is 1. The van der Waals surface area contributed by atoms with E-state index in [9.17, 15) is 9.59 Å². The predicted octanol–water partition coefficient (Wildman–Crippen LogP) is 2.39. The van der Waals surface area contributed by atoms with Crippen LogP contribution in [0.2, 0.25) is 0 Å². The van der Waals surface area contributed by atoms with Gasteiger partial charge >= 0.3 is 0 Å². The molecular formula is C20H25N3O2. The van der Waals surface area contributed by atoms with Crippen LogP contribution in [0.25, 0.3) is 10.9 Å². The van der Waals surface area contributed by atoms with E-state index in [1.807, 2.05) is 30.0 Å². The Kier molecular flexibility index (Phi) is 3.91. The smallest absolute Gasteiger partial charge is 0.254 e. The standard InChI is InChI=1S/C20H25N3O2/c1-14-4-5-17-15(10-14)16(11-18(24)21-17)19(25)23-8-3-6-20(13-23)7-9-22(2)12-20/h4-5,10-11H,3,6-9,12-13H2,1-2H3,(H,21,24). The molecule has 5 nitrogen and oxygen atoms in total. The predicted molar refractivity (Wildman–Crippen MR) is 99.0 cm³/mol. The molecule has 1 atom stereocenters. The lowest BCUT2D eigenvalue weighted by Crippen LogP contribution is -2.47. The van der Waals surface area contributed by atoms with E-state index in [1.165, 1.54) is 12.5 Å². The maximum atomic E-state index is 13.3. The molecule has 2 fully saturated rings. The van der Waals surface area contributed by atoms with Crippen molar-refractivity contribution in [1.29, 1.82) is 0 Å². The SMILES string of the molecule is Cc1ccc2[nH]c(=O)cc(C(=O)N3CCCC4(CCN(C)C4)C3)c2c1. The normalized spacial score (nSPS) is 24.3. The second kappa shape index (κ2) is 5.99. The number of carbonyl (C=O) groups is 1. The van der Waals surface area contributed by atoms with Crippen molar-refractivity contribution in [3.63, 3.8) is 0 Å². The van der Waals surface area contributed by atoms with Crippen LogP contribution in [-0.4, -0.2) is 53.9 Å². The summed E-state index contributed by atoms with van der Waals surface area (Å²) in [5, 5.41) is 0.841. The molecule has 25 heavy (non-hydrogen) atoms. The van der Waals surface area contributed by atoms with E-state index in [0.29, 0.717) is 5.56 Å². The summed E-state index contributed by atoms with van der Waals surface area (Å²) in [6.07, 6.45) is 3.39. The minimum Gasteiger partial charge on any atom is -0.338 e. The second-order valence-electron chi connectivity index (χ2n) is 7.91. The Morgan fingerprint density at radius 3 is 2.76 bits per heavy atom.